The number of anilines is 1. The first kappa shape index (κ1) is 21.9. The maximum atomic E-state index is 12.2. The summed E-state index contributed by atoms with van der Waals surface area (Å²) in [4.78, 5) is 12.2. The third kappa shape index (κ3) is 7.29. The van der Waals surface area contributed by atoms with Gasteiger partial charge in [0.05, 0.1) is 5.69 Å². The zero-order chi connectivity index (χ0) is 19.5. The molecule has 2 N–H and O–H groups in total. The molecule has 27 heavy (non-hydrogen) atoms. The third-order valence-corrected chi connectivity index (χ3v) is 6.22. The lowest BCUT2D eigenvalue weighted by atomic mass is 9.77. The monoisotopic (exact) mass is 372 g/mol. The number of hydrogen-bond acceptors (Lipinski definition) is 2. The minimum absolute atomic E-state index is 0.0199. The number of rotatable bonds is 11. The van der Waals surface area contributed by atoms with Crippen LogP contribution in [-0.4, -0.2) is 5.91 Å². The van der Waals surface area contributed by atoms with Crippen molar-refractivity contribution in [1.29, 1.82) is 0 Å². The average molecular weight is 373 g/mol. The zero-order valence-electron chi connectivity index (χ0n) is 17.6. The van der Waals surface area contributed by atoms with E-state index in [0.29, 0.717) is 12.3 Å². The molecule has 1 saturated carbocycles. The Labute approximate surface area is 166 Å². The Kier molecular flexibility index (Phi) is 9.90. The Bertz CT molecular complexity index is 532. The molecule has 1 amide bonds. The number of carbonyl (C=O) groups excluding carboxylic acids is 1. The van der Waals surface area contributed by atoms with Crippen LogP contribution in [0.1, 0.15) is 109 Å². The van der Waals surface area contributed by atoms with Crippen molar-refractivity contribution in [3.8, 4) is 0 Å². The van der Waals surface area contributed by atoms with E-state index in [0.717, 1.165) is 24.4 Å². The molecule has 0 aliphatic heterocycles. The summed E-state index contributed by atoms with van der Waals surface area (Å²) >= 11 is 0. The second-order valence-electron chi connectivity index (χ2n) is 8.38. The highest BCUT2D eigenvalue weighted by Gasteiger charge is 2.22. The fourth-order valence-electron chi connectivity index (χ4n) is 4.34. The van der Waals surface area contributed by atoms with E-state index in [4.69, 9.17) is 5.84 Å². The Morgan fingerprint density at radius 1 is 0.926 bits per heavy atom. The van der Waals surface area contributed by atoms with Crippen LogP contribution in [0.5, 0.6) is 0 Å². The second kappa shape index (κ2) is 12.2. The Morgan fingerprint density at radius 3 is 2.19 bits per heavy atom. The molecule has 1 aromatic rings. The van der Waals surface area contributed by atoms with Crippen LogP contribution in [0.15, 0.2) is 24.3 Å². The van der Waals surface area contributed by atoms with Gasteiger partial charge in [0.1, 0.15) is 0 Å². The van der Waals surface area contributed by atoms with Gasteiger partial charge in [-0.3, -0.25) is 4.79 Å². The highest BCUT2D eigenvalue weighted by molar-refractivity contribution is 5.92. The minimum atomic E-state index is 0.0199. The number of unbranched alkanes of at least 4 members (excludes halogenated alkanes) is 5. The van der Waals surface area contributed by atoms with Crippen molar-refractivity contribution in [2.75, 3.05) is 5.01 Å². The van der Waals surface area contributed by atoms with Crippen LogP contribution in [0.3, 0.4) is 0 Å². The molecular weight excluding hydrogens is 332 g/mol. The molecule has 1 aliphatic carbocycles. The molecule has 2 rings (SSSR count). The molecule has 0 aromatic heterocycles. The fourth-order valence-corrected chi connectivity index (χ4v) is 4.34. The minimum Gasteiger partial charge on any atom is -0.273 e. The van der Waals surface area contributed by atoms with Gasteiger partial charge in [0.25, 0.3) is 0 Å². The molecule has 1 fully saturated rings. The van der Waals surface area contributed by atoms with E-state index in [9.17, 15) is 4.79 Å². The van der Waals surface area contributed by atoms with Gasteiger partial charge in [-0.1, -0.05) is 70.9 Å². The number of nitrogens with two attached hydrogens (primary N) is 1. The van der Waals surface area contributed by atoms with Crippen molar-refractivity contribution in [3.05, 3.63) is 29.8 Å². The van der Waals surface area contributed by atoms with Gasteiger partial charge < -0.3 is 0 Å². The lowest BCUT2D eigenvalue weighted by Crippen LogP contribution is -2.37. The molecular formula is C24H40N2O. The summed E-state index contributed by atoms with van der Waals surface area (Å²) in [5, 5.41) is 1.33. The molecule has 3 nitrogen and oxygen atoms in total. The fraction of sp³-hybridized carbons (Fsp3) is 0.708. The predicted molar refractivity (Wildman–Crippen MR) is 116 cm³/mol. The highest BCUT2D eigenvalue weighted by Crippen LogP contribution is 2.38. The lowest BCUT2D eigenvalue weighted by Gasteiger charge is -2.29. The van der Waals surface area contributed by atoms with Crippen LogP contribution in [-0.2, 0) is 4.79 Å². The number of carbonyl (C=O) groups is 1. The molecule has 152 valence electrons. The molecule has 0 saturated heterocycles. The lowest BCUT2D eigenvalue weighted by molar-refractivity contribution is -0.118. The molecule has 0 radical (unpaired) electrons. The Balaban J connectivity index is 1.78. The van der Waals surface area contributed by atoms with Gasteiger partial charge in [-0.15, -0.1) is 0 Å². The topological polar surface area (TPSA) is 46.3 Å². The van der Waals surface area contributed by atoms with Crippen LogP contribution < -0.4 is 10.9 Å². The van der Waals surface area contributed by atoms with Gasteiger partial charge in [0.2, 0.25) is 5.91 Å². The molecule has 0 atom stereocenters. The number of nitrogens with zero attached hydrogens (tertiary/aromatic N) is 1. The SMILES string of the molecule is CCCCCCC(=O)N(N)c1ccc(C2CCC(CCCCC)CC2)cc1. The van der Waals surface area contributed by atoms with Crippen molar-refractivity contribution in [1.82, 2.24) is 0 Å². The molecule has 0 bridgehead atoms. The molecule has 0 spiro atoms. The molecule has 1 aliphatic rings. The van der Waals surface area contributed by atoms with Gasteiger partial charge in [0, 0.05) is 6.42 Å². The maximum Gasteiger partial charge on any atom is 0.241 e. The summed E-state index contributed by atoms with van der Waals surface area (Å²) in [6.07, 6.45) is 15.8. The van der Waals surface area contributed by atoms with E-state index >= 15 is 0 Å². The van der Waals surface area contributed by atoms with Gasteiger partial charge in [-0.05, 0) is 61.6 Å². The summed E-state index contributed by atoms with van der Waals surface area (Å²) in [5.74, 6) is 7.68. The maximum absolute atomic E-state index is 12.2. The third-order valence-electron chi connectivity index (χ3n) is 6.22. The second-order valence-corrected chi connectivity index (χ2v) is 8.38. The van der Waals surface area contributed by atoms with Gasteiger partial charge in [-0.25, -0.2) is 10.9 Å². The van der Waals surface area contributed by atoms with Crippen molar-refractivity contribution < 1.29 is 4.79 Å². The largest absolute Gasteiger partial charge is 0.273 e. The molecule has 1 aromatic carbocycles. The van der Waals surface area contributed by atoms with Gasteiger partial charge in [-0.2, -0.15) is 0 Å². The first-order chi connectivity index (χ1) is 13.2. The van der Waals surface area contributed by atoms with Crippen molar-refractivity contribution in [3.63, 3.8) is 0 Å². The number of amides is 1. The summed E-state index contributed by atoms with van der Waals surface area (Å²) in [7, 11) is 0. The highest BCUT2D eigenvalue weighted by atomic mass is 16.2. The first-order valence-electron chi connectivity index (χ1n) is 11.3. The van der Waals surface area contributed by atoms with Gasteiger partial charge in [0.15, 0.2) is 0 Å². The zero-order valence-corrected chi connectivity index (χ0v) is 17.6. The van der Waals surface area contributed by atoms with Crippen LogP contribution in [0.4, 0.5) is 5.69 Å². The van der Waals surface area contributed by atoms with Crippen molar-refractivity contribution in [2.24, 2.45) is 11.8 Å². The summed E-state index contributed by atoms with van der Waals surface area (Å²) < 4.78 is 0. The molecule has 0 unspecified atom stereocenters. The van der Waals surface area contributed by atoms with E-state index < -0.39 is 0 Å². The smallest absolute Gasteiger partial charge is 0.241 e. The number of benzene rings is 1. The van der Waals surface area contributed by atoms with E-state index in [1.165, 1.54) is 74.8 Å². The molecule has 3 heteroatoms. The van der Waals surface area contributed by atoms with E-state index in [-0.39, 0.29) is 5.91 Å². The van der Waals surface area contributed by atoms with Crippen molar-refractivity contribution in [2.45, 2.75) is 103 Å². The Morgan fingerprint density at radius 2 is 1.56 bits per heavy atom. The van der Waals surface area contributed by atoms with E-state index in [1.807, 2.05) is 12.1 Å². The first-order valence-corrected chi connectivity index (χ1v) is 11.3. The summed E-state index contributed by atoms with van der Waals surface area (Å²) in [6.45, 7) is 4.46. The van der Waals surface area contributed by atoms with E-state index in [2.05, 4.69) is 26.0 Å². The van der Waals surface area contributed by atoms with Crippen LogP contribution in [0.25, 0.3) is 0 Å². The summed E-state index contributed by atoms with van der Waals surface area (Å²) in [5.41, 5.74) is 2.22. The number of hydrazine groups is 1. The normalized spacial score (nSPS) is 19.8. The standard InChI is InChI=1S/C24H40N2O/c1-3-5-7-9-11-24(27)26(25)23-18-16-22(17-19-23)21-14-12-20(13-15-21)10-8-6-4-2/h16-21H,3-15,25H2,1-2H3. The van der Waals surface area contributed by atoms with Crippen molar-refractivity contribution >= 4 is 11.6 Å². The van der Waals surface area contributed by atoms with Crippen LogP contribution in [0.2, 0.25) is 0 Å². The van der Waals surface area contributed by atoms with Crippen LogP contribution >= 0.6 is 0 Å². The average Bonchev–Trinajstić information content (AvgIpc) is 2.71. The van der Waals surface area contributed by atoms with Gasteiger partial charge >= 0.3 is 0 Å². The Hall–Kier alpha value is -1.35. The van der Waals surface area contributed by atoms with Crippen LogP contribution in [0, 0.1) is 5.92 Å². The van der Waals surface area contributed by atoms with E-state index in [1.54, 1.807) is 0 Å². The molecule has 0 heterocycles. The summed E-state index contributed by atoms with van der Waals surface area (Å²) in [6, 6.07) is 8.41. The predicted octanol–water partition coefficient (Wildman–Crippen LogP) is 6.72. The number of hydrogen-bond donors (Lipinski definition) is 1. The quantitative estimate of drug-likeness (QED) is 0.203.